The Labute approximate surface area is 111 Å². The second kappa shape index (κ2) is 4.82. The molecule has 1 aromatic carbocycles. The number of hydrogen-bond donors (Lipinski definition) is 0. The van der Waals surface area contributed by atoms with Crippen molar-refractivity contribution in [1.82, 2.24) is 9.78 Å². The van der Waals surface area contributed by atoms with Crippen molar-refractivity contribution in [3.05, 3.63) is 46.7 Å². The maximum Gasteiger partial charge on any atom is 0.419 e. The standard InChI is InChI=1S/C11H7Cl2F3N2/c12-4-7-1-2-9(3-10(7)13)18-6-8(5-17-18)11(14,15)16/h1-3,5-6H,4H2. The molecule has 0 spiro atoms. The van der Waals surface area contributed by atoms with E-state index >= 15 is 0 Å². The van der Waals surface area contributed by atoms with E-state index in [4.69, 9.17) is 23.2 Å². The number of benzene rings is 1. The highest BCUT2D eigenvalue weighted by molar-refractivity contribution is 6.32. The Morgan fingerprint density at radius 3 is 2.50 bits per heavy atom. The van der Waals surface area contributed by atoms with Crippen molar-refractivity contribution in [2.45, 2.75) is 12.1 Å². The molecule has 0 saturated carbocycles. The summed E-state index contributed by atoms with van der Waals surface area (Å²) < 4.78 is 38.4. The van der Waals surface area contributed by atoms with Crippen molar-refractivity contribution in [3.63, 3.8) is 0 Å². The van der Waals surface area contributed by atoms with E-state index in [2.05, 4.69) is 5.10 Å². The first-order valence-electron chi connectivity index (χ1n) is 4.88. The van der Waals surface area contributed by atoms with Gasteiger partial charge in [-0.15, -0.1) is 11.6 Å². The molecule has 0 amide bonds. The summed E-state index contributed by atoms with van der Waals surface area (Å²) in [5, 5.41) is 4.05. The summed E-state index contributed by atoms with van der Waals surface area (Å²) in [5.41, 5.74) is 0.356. The van der Waals surface area contributed by atoms with Crippen molar-refractivity contribution in [2.75, 3.05) is 0 Å². The first kappa shape index (κ1) is 13.2. The minimum absolute atomic E-state index is 0.242. The SMILES string of the molecule is FC(F)(F)c1cnn(-c2ccc(CCl)c(Cl)c2)c1. The molecular formula is C11H7Cl2F3N2. The van der Waals surface area contributed by atoms with Crippen LogP contribution in [-0.4, -0.2) is 9.78 Å². The first-order valence-corrected chi connectivity index (χ1v) is 5.79. The Morgan fingerprint density at radius 2 is 2.00 bits per heavy atom. The minimum Gasteiger partial charge on any atom is -0.240 e. The van der Waals surface area contributed by atoms with Gasteiger partial charge in [-0.1, -0.05) is 17.7 Å². The maximum atomic E-state index is 12.4. The second-order valence-corrected chi connectivity index (χ2v) is 4.26. The van der Waals surface area contributed by atoms with Gasteiger partial charge in [0.15, 0.2) is 0 Å². The lowest BCUT2D eigenvalue weighted by atomic mass is 10.2. The summed E-state index contributed by atoms with van der Waals surface area (Å²) in [5.74, 6) is 0.242. The van der Waals surface area contributed by atoms with Gasteiger partial charge in [-0.3, -0.25) is 0 Å². The highest BCUT2D eigenvalue weighted by atomic mass is 35.5. The van der Waals surface area contributed by atoms with Crippen LogP contribution in [-0.2, 0) is 12.1 Å². The van der Waals surface area contributed by atoms with E-state index in [-0.39, 0.29) is 5.88 Å². The van der Waals surface area contributed by atoms with E-state index < -0.39 is 11.7 Å². The number of rotatable bonds is 2. The maximum absolute atomic E-state index is 12.4. The Kier molecular flexibility index (Phi) is 3.54. The molecule has 0 aliphatic heterocycles. The third kappa shape index (κ3) is 2.62. The number of nitrogens with zero attached hydrogens (tertiary/aromatic N) is 2. The molecule has 2 rings (SSSR count). The van der Waals surface area contributed by atoms with E-state index in [1.54, 1.807) is 12.1 Å². The van der Waals surface area contributed by atoms with Crippen molar-refractivity contribution in [2.24, 2.45) is 0 Å². The van der Waals surface area contributed by atoms with E-state index in [9.17, 15) is 13.2 Å². The fraction of sp³-hybridized carbons (Fsp3) is 0.182. The lowest BCUT2D eigenvalue weighted by Crippen LogP contribution is -2.03. The topological polar surface area (TPSA) is 17.8 Å². The van der Waals surface area contributed by atoms with Gasteiger partial charge in [-0.2, -0.15) is 18.3 Å². The van der Waals surface area contributed by atoms with E-state index in [0.717, 1.165) is 17.1 Å². The van der Waals surface area contributed by atoms with Crippen LogP contribution in [0.2, 0.25) is 5.02 Å². The first-order chi connectivity index (χ1) is 8.41. The fourth-order valence-electron chi connectivity index (χ4n) is 1.40. The van der Waals surface area contributed by atoms with Gasteiger partial charge < -0.3 is 0 Å². The van der Waals surface area contributed by atoms with Crippen LogP contribution in [0.5, 0.6) is 0 Å². The van der Waals surface area contributed by atoms with Crippen LogP contribution in [0.1, 0.15) is 11.1 Å². The second-order valence-electron chi connectivity index (χ2n) is 3.58. The number of alkyl halides is 4. The molecule has 0 N–H and O–H groups in total. The van der Waals surface area contributed by atoms with Crippen LogP contribution in [0.25, 0.3) is 5.69 Å². The summed E-state index contributed by atoms with van der Waals surface area (Å²) in [6.07, 6.45) is -2.73. The monoisotopic (exact) mass is 294 g/mol. The van der Waals surface area contributed by atoms with Gasteiger partial charge in [-0.05, 0) is 17.7 Å². The zero-order valence-electron chi connectivity index (χ0n) is 8.88. The van der Waals surface area contributed by atoms with Crippen molar-refractivity contribution >= 4 is 23.2 Å². The fourth-order valence-corrected chi connectivity index (χ4v) is 1.94. The van der Waals surface area contributed by atoms with Crippen LogP contribution in [0.3, 0.4) is 0 Å². The average Bonchev–Trinajstić information content (AvgIpc) is 2.77. The Morgan fingerprint density at radius 1 is 1.28 bits per heavy atom. The Balaban J connectivity index is 2.38. The molecule has 0 unspecified atom stereocenters. The van der Waals surface area contributed by atoms with E-state index in [1.165, 1.54) is 6.07 Å². The van der Waals surface area contributed by atoms with Gasteiger partial charge in [0.2, 0.25) is 0 Å². The number of halogens is 5. The molecule has 0 saturated heterocycles. The molecule has 0 aliphatic carbocycles. The lowest BCUT2D eigenvalue weighted by Gasteiger charge is -2.05. The van der Waals surface area contributed by atoms with Gasteiger partial charge in [0.05, 0.1) is 17.4 Å². The smallest absolute Gasteiger partial charge is 0.240 e. The third-order valence-electron chi connectivity index (χ3n) is 2.36. The summed E-state index contributed by atoms with van der Waals surface area (Å²) >= 11 is 11.6. The third-order valence-corrected chi connectivity index (χ3v) is 2.99. The molecule has 18 heavy (non-hydrogen) atoms. The largest absolute Gasteiger partial charge is 0.419 e. The minimum atomic E-state index is -4.40. The quantitative estimate of drug-likeness (QED) is 0.756. The molecule has 0 fully saturated rings. The summed E-state index contributed by atoms with van der Waals surface area (Å²) in [6.45, 7) is 0. The summed E-state index contributed by atoms with van der Waals surface area (Å²) in [6, 6.07) is 4.78. The molecule has 1 heterocycles. The van der Waals surface area contributed by atoms with Gasteiger partial charge in [0.1, 0.15) is 0 Å². The van der Waals surface area contributed by atoms with Crippen LogP contribution in [0.15, 0.2) is 30.6 Å². The van der Waals surface area contributed by atoms with Gasteiger partial charge in [0.25, 0.3) is 0 Å². The lowest BCUT2D eigenvalue weighted by molar-refractivity contribution is -0.137. The number of aromatic nitrogens is 2. The highest BCUT2D eigenvalue weighted by Gasteiger charge is 2.32. The van der Waals surface area contributed by atoms with Gasteiger partial charge in [0, 0.05) is 17.1 Å². The van der Waals surface area contributed by atoms with Crippen LogP contribution >= 0.6 is 23.2 Å². The van der Waals surface area contributed by atoms with Crippen molar-refractivity contribution in [3.8, 4) is 5.69 Å². The Hall–Kier alpha value is -1.20. The molecule has 0 radical (unpaired) electrons. The molecule has 2 nitrogen and oxygen atoms in total. The van der Waals surface area contributed by atoms with Crippen LogP contribution in [0.4, 0.5) is 13.2 Å². The molecule has 0 atom stereocenters. The number of hydrogen-bond acceptors (Lipinski definition) is 1. The molecule has 96 valence electrons. The zero-order valence-corrected chi connectivity index (χ0v) is 10.4. The molecule has 0 bridgehead atoms. The molecule has 1 aromatic heterocycles. The van der Waals surface area contributed by atoms with E-state index in [1.807, 2.05) is 0 Å². The normalized spacial score (nSPS) is 11.8. The van der Waals surface area contributed by atoms with E-state index in [0.29, 0.717) is 16.3 Å². The van der Waals surface area contributed by atoms with Crippen molar-refractivity contribution < 1.29 is 13.2 Å². The molecule has 2 aromatic rings. The average molecular weight is 295 g/mol. The molecule has 7 heteroatoms. The van der Waals surface area contributed by atoms with Gasteiger partial charge in [-0.25, -0.2) is 4.68 Å². The van der Waals surface area contributed by atoms with Gasteiger partial charge >= 0.3 is 6.18 Å². The highest BCUT2D eigenvalue weighted by Crippen LogP contribution is 2.29. The van der Waals surface area contributed by atoms with Crippen LogP contribution < -0.4 is 0 Å². The van der Waals surface area contributed by atoms with Crippen LogP contribution in [0, 0.1) is 0 Å². The molecule has 0 aliphatic rings. The summed E-state index contributed by atoms with van der Waals surface area (Å²) in [4.78, 5) is 0. The summed E-state index contributed by atoms with van der Waals surface area (Å²) in [7, 11) is 0. The zero-order chi connectivity index (χ0) is 13.3. The Bertz CT molecular complexity index is 564. The molecular weight excluding hydrogens is 288 g/mol. The predicted molar refractivity (Wildman–Crippen MR) is 63.1 cm³/mol. The predicted octanol–water partition coefficient (Wildman–Crippen LogP) is 4.28. The van der Waals surface area contributed by atoms with Crippen molar-refractivity contribution in [1.29, 1.82) is 0 Å².